The molecule has 0 aromatic heterocycles. The van der Waals surface area contributed by atoms with E-state index in [0.717, 1.165) is 5.56 Å². The van der Waals surface area contributed by atoms with E-state index in [2.05, 4.69) is 0 Å². The number of benzene rings is 2. The van der Waals surface area contributed by atoms with E-state index in [1.807, 2.05) is 6.92 Å². The fourth-order valence-electron chi connectivity index (χ4n) is 2.61. The maximum Gasteiger partial charge on any atom is 0.238 e. The molecule has 6 heteroatoms. The third-order valence-electron chi connectivity index (χ3n) is 3.76. The molecule has 1 saturated heterocycles. The normalized spacial score (nSPS) is 17.7. The van der Waals surface area contributed by atoms with E-state index >= 15 is 0 Å². The van der Waals surface area contributed by atoms with Crippen molar-refractivity contribution in [1.29, 1.82) is 0 Å². The molecule has 1 heterocycles. The average Bonchev–Trinajstić information content (AvgIpc) is 2.91. The molecule has 1 aliphatic rings. The number of aryl methyl sites for hydroxylation is 1. The summed E-state index contributed by atoms with van der Waals surface area (Å²) in [5.41, 5.74) is 1.95. The van der Waals surface area contributed by atoms with Gasteiger partial charge in [0.15, 0.2) is 11.6 Å². The summed E-state index contributed by atoms with van der Waals surface area (Å²) in [6.07, 6.45) is 0. The van der Waals surface area contributed by atoms with Gasteiger partial charge in [0.25, 0.3) is 0 Å². The van der Waals surface area contributed by atoms with Crippen LogP contribution in [0.15, 0.2) is 36.4 Å². The van der Waals surface area contributed by atoms with Crippen LogP contribution in [0, 0.1) is 18.6 Å². The van der Waals surface area contributed by atoms with Crippen LogP contribution in [0.1, 0.15) is 16.5 Å². The quantitative estimate of drug-likeness (QED) is 0.847. The summed E-state index contributed by atoms with van der Waals surface area (Å²) < 4.78 is 32.5. The molecule has 0 spiro atoms. The van der Waals surface area contributed by atoms with E-state index in [4.69, 9.17) is 4.74 Å². The maximum absolute atomic E-state index is 14.0. The van der Waals surface area contributed by atoms with Crippen molar-refractivity contribution in [1.82, 2.24) is 0 Å². The van der Waals surface area contributed by atoms with Crippen molar-refractivity contribution in [3.8, 4) is 5.75 Å². The number of hydrogen-bond donors (Lipinski definition) is 0. The van der Waals surface area contributed by atoms with Crippen molar-refractivity contribution in [2.45, 2.75) is 12.3 Å². The molecule has 2 aromatic rings. The SMILES string of the molecule is COc1ccc(C2SCC(=O)N2c2cc(F)ccc2C)cc1F. The lowest BCUT2D eigenvalue weighted by Gasteiger charge is -2.26. The van der Waals surface area contributed by atoms with Gasteiger partial charge >= 0.3 is 0 Å². The third-order valence-corrected chi connectivity index (χ3v) is 4.97. The number of anilines is 1. The Bertz CT molecular complexity index is 766. The van der Waals surface area contributed by atoms with Crippen LogP contribution in [0.25, 0.3) is 0 Å². The van der Waals surface area contributed by atoms with Crippen LogP contribution < -0.4 is 9.64 Å². The number of thioether (sulfide) groups is 1. The molecule has 0 aliphatic carbocycles. The van der Waals surface area contributed by atoms with Gasteiger partial charge in [-0.3, -0.25) is 9.69 Å². The Hall–Kier alpha value is -2.08. The van der Waals surface area contributed by atoms with E-state index in [1.165, 1.54) is 48.0 Å². The minimum absolute atomic E-state index is 0.120. The molecule has 1 unspecified atom stereocenters. The minimum Gasteiger partial charge on any atom is -0.494 e. The summed E-state index contributed by atoms with van der Waals surface area (Å²) >= 11 is 1.39. The van der Waals surface area contributed by atoms with Crippen LogP contribution in [0.4, 0.5) is 14.5 Å². The molecule has 23 heavy (non-hydrogen) atoms. The molecular weight excluding hydrogens is 320 g/mol. The number of rotatable bonds is 3. The van der Waals surface area contributed by atoms with E-state index in [9.17, 15) is 13.6 Å². The van der Waals surface area contributed by atoms with Crippen molar-refractivity contribution in [2.75, 3.05) is 17.8 Å². The molecule has 2 aromatic carbocycles. The molecule has 1 atom stereocenters. The summed E-state index contributed by atoms with van der Waals surface area (Å²) in [5, 5.41) is -0.386. The van der Waals surface area contributed by atoms with Gasteiger partial charge in [0, 0.05) is 0 Å². The van der Waals surface area contributed by atoms with Crippen LogP contribution in [-0.2, 0) is 4.79 Å². The Morgan fingerprint density at radius 1 is 1.22 bits per heavy atom. The number of amides is 1. The highest BCUT2D eigenvalue weighted by Crippen LogP contribution is 2.43. The first-order valence-corrected chi connectivity index (χ1v) is 8.09. The predicted octanol–water partition coefficient (Wildman–Crippen LogP) is 4.06. The van der Waals surface area contributed by atoms with Crippen molar-refractivity contribution >= 4 is 23.4 Å². The molecule has 0 N–H and O–H groups in total. The van der Waals surface area contributed by atoms with Crippen LogP contribution in [0.5, 0.6) is 5.75 Å². The first-order valence-electron chi connectivity index (χ1n) is 7.04. The van der Waals surface area contributed by atoms with E-state index < -0.39 is 11.6 Å². The number of methoxy groups -OCH3 is 1. The van der Waals surface area contributed by atoms with Gasteiger partial charge in [-0.1, -0.05) is 12.1 Å². The molecule has 1 fully saturated rings. The second-order valence-electron chi connectivity index (χ2n) is 5.25. The Kier molecular flexibility index (Phi) is 4.26. The summed E-state index contributed by atoms with van der Waals surface area (Å²) in [5.74, 6) is -0.592. The first kappa shape index (κ1) is 15.8. The smallest absolute Gasteiger partial charge is 0.238 e. The molecule has 0 bridgehead atoms. The van der Waals surface area contributed by atoms with E-state index in [1.54, 1.807) is 12.1 Å². The predicted molar refractivity (Wildman–Crippen MR) is 86.8 cm³/mol. The third kappa shape index (κ3) is 2.91. The zero-order valence-corrected chi connectivity index (χ0v) is 13.5. The van der Waals surface area contributed by atoms with Gasteiger partial charge in [0.1, 0.15) is 11.2 Å². The highest BCUT2D eigenvalue weighted by molar-refractivity contribution is 8.00. The van der Waals surface area contributed by atoms with Crippen LogP contribution in [-0.4, -0.2) is 18.8 Å². The molecule has 1 aliphatic heterocycles. The number of nitrogens with zero attached hydrogens (tertiary/aromatic N) is 1. The van der Waals surface area contributed by atoms with Gasteiger partial charge in [-0.2, -0.15) is 0 Å². The van der Waals surface area contributed by atoms with Crippen molar-refractivity contribution in [3.05, 3.63) is 59.2 Å². The lowest BCUT2D eigenvalue weighted by atomic mass is 10.1. The fourth-order valence-corrected chi connectivity index (χ4v) is 3.77. The topological polar surface area (TPSA) is 29.5 Å². The summed E-state index contributed by atoms with van der Waals surface area (Å²) in [6, 6.07) is 8.94. The van der Waals surface area contributed by atoms with Crippen molar-refractivity contribution in [2.24, 2.45) is 0 Å². The highest BCUT2D eigenvalue weighted by Gasteiger charge is 2.35. The van der Waals surface area contributed by atoms with Crippen molar-refractivity contribution < 1.29 is 18.3 Å². The van der Waals surface area contributed by atoms with Gasteiger partial charge < -0.3 is 4.74 Å². The van der Waals surface area contributed by atoms with Crippen LogP contribution in [0.2, 0.25) is 0 Å². The molecule has 3 rings (SSSR count). The molecule has 0 radical (unpaired) electrons. The largest absolute Gasteiger partial charge is 0.494 e. The lowest BCUT2D eigenvalue weighted by molar-refractivity contribution is -0.115. The maximum atomic E-state index is 14.0. The van der Waals surface area contributed by atoms with Gasteiger partial charge in [0.2, 0.25) is 5.91 Å². The molecule has 120 valence electrons. The van der Waals surface area contributed by atoms with Gasteiger partial charge in [0.05, 0.1) is 18.6 Å². The van der Waals surface area contributed by atoms with E-state index in [0.29, 0.717) is 11.3 Å². The molecule has 0 saturated carbocycles. The lowest BCUT2D eigenvalue weighted by Crippen LogP contribution is -2.28. The van der Waals surface area contributed by atoms with Crippen LogP contribution >= 0.6 is 11.8 Å². The first-order chi connectivity index (χ1) is 11.0. The Labute approximate surface area is 137 Å². The summed E-state index contributed by atoms with van der Waals surface area (Å²) in [6.45, 7) is 1.82. The summed E-state index contributed by atoms with van der Waals surface area (Å²) in [4.78, 5) is 13.8. The average molecular weight is 335 g/mol. The number of carbonyl (C=O) groups is 1. The van der Waals surface area contributed by atoms with Crippen LogP contribution in [0.3, 0.4) is 0 Å². The number of halogens is 2. The van der Waals surface area contributed by atoms with Gasteiger partial charge in [-0.25, -0.2) is 8.78 Å². The van der Waals surface area contributed by atoms with Crippen molar-refractivity contribution in [3.63, 3.8) is 0 Å². The summed E-state index contributed by atoms with van der Waals surface area (Å²) in [7, 11) is 1.40. The Morgan fingerprint density at radius 3 is 2.70 bits per heavy atom. The second kappa shape index (κ2) is 6.20. The highest BCUT2D eigenvalue weighted by atomic mass is 32.2. The molecule has 3 nitrogen and oxygen atoms in total. The standard InChI is InChI=1S/C17H15F2NO2S/c1-10-3-5-12(18)8-14(10)20-16(21)9-23-17(20)11-4-6-15(22-2)13(19)7-11/h3-8,17H,9H2,1-2H3. The Balaban J connectivity index is 2.03. The Morgan fingerprint density at radius 2 is 2.00 bits per heavy atom. The minimum atomic E-state index is -0.485. The fraction of sp³-hybridized carbons (Fsp3) is 0.235. The molecule has 1 amide bonds. The zero-order valence-electron chi connectivity index (χ0n) is 12.7. The van der Waals surface area contributed by atoms with Gasteiger partial charge in [-0.05, 0) is 42.3 Å². The number of ether oxygens (including phenoxy) is 1. The second-order valence-corrected chi connectivity index (χ2v) is 6.32. The zero-order chi connectivity index (χ0) is 16.6. The molecular formula is C17H15F2NO2S. The number of carbonyl (C=O) groups excluding carboxylic acids is 1. The number of hydrogen-bond acceptors (Lipinski definition) is 3. The monoisotopic (exact) mass is 335 g/mol. The van der Waals surface area contributed by atoms with Gasteiger partial charge in [-0.15, -0.1) is 11.8 Å². The van der Waals surface area contributed by atoms with E-state index in [-0.39, 0.29) is 22.8 Å².